The molecule has 0 fully saturated rings. The predicted molar refractivity (Wildman–Crippen MR) is 188 cm³/mol. The van der Waals surface area contributed by atoms with E-state index in [9.17, 15) is 0 Å². The Morgan fingerprint density at radius 2 is 1.09 bits per heavy atom. The fraction of sp³-hybridized carbons (Fsp3) is 0. The minimum Gasteiger partial charge on any atom is -0.309 e. The van der Waals surface area contributed by atoms with Gasteiger partial charge < -0.3 is 4.57 Å². The van der Waals surface area contributed by atoms with Gasteiger partial charge in [0.25, 0.3) is 0 Å². The maximum Gasteiger partial charge on any atom is 0.0730 e. The third-order valence-corrected chi connectivity index (χ3v) is 9.82. The Hall–Kier alpha value is -5.51. The highest BCUT2D eigenvalue weighted by atomic mass is 32.1. The van der Waals surface area contributed by atoms with Gasteiger partial charge in [0.2, 0.25) is 0 Å². The molecule has 2 nitrogen and oxygen atoms in total. The van der Waals surface area contributed by atoms with Crippen LogP contribution in [0.1, 0.15) is 0 Å². The lowest BCUT2D eigenvalue weighted by molar-refractivity contribution is 1.18. The van der Waals surface area contributed by atoms with Crippen molar-refractivity contribution in [2.45, 2.75) is 0 Å². The number of aromatic nitrogens is 2. The summed E-state index contributed by atoms with van der Waals surface area (Å²) in [5, 5.41) is 5.08. The van der Waals surface area contributed by atoms with Crippen molar-refractivity contribution in [2.75, 3.05) is 0 Å². The van der Waals surface area contributed by atoms with E-state index in [0.717, 1.165) is 28.2 Å². The summed E-state index contributed by atoms with van der Waals surface area (Å²) in [7, 11) is 0. The van der Waals surface area contributed by atoms with Crippen molar-refractivity contribution in [2.24, 2.45) is 0 Å². The number of hydrogen-bond donors (Lipinski definition) is 0. The molecule has 0 unspecified atom stereocenters. The number of nitrogens with zero attached hydrogens (tertiary/aromatic N) is 2. The highest BCUT2D eigenvalue weighted by Gasteiger charge is 2.18. The number of thiophene rings is 1. The summed E-state index contributed by atoms with van der Waals surface area (Å²) >= 11 is 1.85. The van der Waals surface area contributed by atoms with E-state index in [1.807, 2.05) is 11.3 Å². The molecule has 3 heteroatoms. The molecule has 0 radical (unpaired) electrons. The smallest absolute Gasteiger partial charge is 0.0730 e. The molecule has 0 aliphatic heterocycles. The van der Waals surface area contributed by atoms with Crippen LogP contribution in [0, 0.1) is 0 Å². The Balaban J connectivity index is 1.35. The second-order valence-electron chi connectivity index (χ2n) is 11.2. The first-order valence-electron chi connectivity index (χ1n) is 14.9. The summed E-state index contributed by atoms with van der Waals surface area (Å²) in [4.78, 5) is 5.32. The van der Waals surface area contributed by atoms with Crippen LogP contribution in [0.3, 0.4) is 0 Å². The van der Waals surface area contributed by atoms with Crippen molar-refractivity contribution < 1.29 is 0 Å². The minimum atomic E-state index is 0.972. The van der Waals surface area contributed by atoms with Gasteiger partial charge in [0, 0.05) is 47.8 Å². The molecular formula is C41H26N2S. The number of fused-ring (bicyclic) bond motifs is 6. The molecule has 0 bridgehead atoms. The largest absolute Gasteiger partial charge is 0.309 e. The number of hydrogen-bond acceptors (Lipinski definition) is 2. The number of pyridine rings is 1. The van der Waals surface area contributed by atoms with E-state index in [0.29, 0.717) is 0 Å². The second-order valence-corrected chi connectivity index (χ2v) is 12.2. The van der Waals surface area contributed by atoms with Gasteiger partial charge in [-0.3, -0.25) is 0 Å². The van der Waals surface area contributed by atoms with Crippen LogP contribution in [0.4, 0.5) is 0 Å². The average molecular weight is 579 g/mol. The summed E-state index contributed by atoms with van der Waals surface area (Å²) in [6.07, 6.45) is 0. The fourth-order valence-corrected chi connectivity index (χ4v) is 7.87. The molecule has 0 amide bonds. The third kappa shape index (κ3) is 3.90. The van der Waals surface area contributed by atoms with Crippen LogP contribution < -0.4 is 0 Å². The minimum absolute atomic E-state index is 0.972. The van der Waals surface area contributed by atoms with Gasteiger partial charge in [-0.25, -0.2) is 4.98 Å². The SMILES string of the molecule is c1ccc(-c2cc(-c3cccc4c3c3ccccc3n4-c3ccccc3)cc(-c3cccc4c3sc3ccccc34)n2)cc1. The van der Waals surface area contributed by atoms with E-state index < -0.39 is 0 Å². The van der Waals surface area contributed by atoms with E-state index in [1.165, 1.54) is 53.1 Å². The van der Waals surface area contributed by atoms with Crippen molar-refractivity contribution in [3.05, 3.63) is 158 Å². The fourth-order valence-electron chi connectivity index (χ4n) is 6.64. The van der Waals surface area contributed by atoms with Gasteiger partial charge in [-0.2, -0.15) is 0 Å². The normalized spacial score (nSPS) is 11.6. The van der Waals surface area contributed by atoms with Gasteiger partial charge in [0.15, 0.2) is 0 Å². The van der Waals surface area contributed by atoms with Crippen LogP contribution in [0.5, 0.6) is 0 Å². The summed E-state index contributed by atoms with van der Waals surface area (Å²) in [5.41, 5.74) is 10.2. The molecule has 3 aromatic heterocycles. The van der Waals surface area contributed by atoms with Gasteiger partial charge in [-0.15, -0.1) is 11.3 Å². The zero-order valence-corrected chi connectivity index (χ0v) is 24.6. The molecule has 9 aromatic rings. The first-order valence-corrected chi connectivity index (χ1v) is 15.7. The Labute approximate surface area is 259 Å². The van der Waals surface area contributed by atoms with Crippen LogP contribution in [0.25, 0.3) is 81.3 Å². The molecule has 3 heterocycles. The molecule has 9 rings (SSSR count). The molecule has 0 atom stereocenters. The quantitative estimate of drug-likeness (QED) is 0.203. The molecule has 0 N–H and O–H groups in total. The van der Waals surface area contributed by atoms with Crippen molar-refractivity contribution in [1.82, 2.24) is 9.55 Å². The topological polar surface area (TPSA) is 17.8 Å². The molecule has 0 saturated carbocycles. The number of rotatable bonds is 4. The Kier molecular flexibility index (Phi) is 5.71. The molecule has 0 spiro atoms. The van der Waals surface area contributed by atoms with Gasteiger partial charge in [-0.1, -0.05) is 115 Å². The maximum absolute atomic E-state index is 5.32. The van der Waals surface area contributed by atoms with Gasteiger partial charge in [0.05, 0.1) is 22.4 Å². The molecule has 44 heavy (non-hydrogen) atoms. The van der Waals surface area contributed by atoms with E-state index >= 15 is 0 Å². The highest BCUT2D eigenvalue weighted by Crippen LogP contribution is 2.43. The van der Waals surface area contributed by atoms with Crippen LogP contribution in [0.2, 0.25) is 0 Å². The summed E-state index contributed by atoms with van der Waals surface area (Å²) in [6.45, 7) is 0. The van der Waals surface area contributed by atoms with E-state index in [-0.39, 0.29) is 0 Å². The van der Waals surface area contributed by atoms with E-state index in [2.05, 4.69) is 162 Å². The molecule has 0 aliphatic rings. The monoisotopic (exact) mass is 578 g/mol. The third-order valence-electron chi connectivity index (χ3n) is 8.60. The zero-order valence-electron chi connectivity index (χ0n) is 23.8. The van der Waals surface area contributed by atoms with Crippen LogP contribution >= 0.6 is 11.3 Å². The molecule has 0 aliphatic carbocycles. The lowest BCUT2D eigenvalue weighted by atomic mass is 9.96. The standard InChI is InChI=1S/C41H26N2S/c1-3-13-27(14-4-1)35-25-28(26-36(42-35)33-21-11-20-32-31-17-8-10-24-39(31)44-41(32)33)30-19-12-23-38-40(30)34-18-7-9-22-37(34)43(38)29-15-5-2-6-16-29/h1-26H. The van der Waals surface area contributed by atoms with E-state index in [1.54, 1.807) is 0 Å². The molecule has 206 valence electrons. The number of para-hydroxylation sites is 2. The van der Waals surface area contributed by atoms with Gasteiger partial charge >= 0.3 is 0 Å². The Bertz CT molecular complexity index is 2490. The molecule has 6 aromatic carbocycles. The first kappa shape index (κ1) is 25.0. The van der Waals surface area contributed by atoms with Crippen molar-refractivity contribution >= 4 is 53.3 Å². The van der Waals surface area contributed by atoms with Crippen LogP contribution in [-0.4, -0.2) is 9.55 Å². The summed E-state index contributed by atoms with van der Waals surface area (Å²) in [6, 6.07) is 56.5. The Morgan fingerprint density at radius 3 is 1.95 bits per heavy atom. The van der Waals surface area contributed by atoms with Gasteiger partial charge in [0.1, 0.15) is 0 Å². The zero-order chi connectivity index (χ0) is 29.0. The molecular weight excluding hydrogens is 553 g/mol. The summed E-state index contributed by atoms with van der Waals surface area (Å²) in [5.74, 6) is 0. The first-order chi connectivity index (χ1) is 21.8. The van der Waals surface area contributed by atoms with Crippen LogP contribution in [0.15, 0.2) is 158 Å². The van der Waals surface area contributed by atoms with Crippen molar-refractivity contribution in [3.63, 3.8) is 0 Å². The van der Waals surface area contributed by atoms with Crippen LogP contribution in [-0.2, 0) is 0 Å². The average Bonchev–Trinajstić information content (AvgIpc) is 3.65. The summed E-state index contributed by atoms with van der Waals surface area (Å²) < 4.78 is 4.95. The van der Waals surface area contributed by atoms with Crippen molar-refractivity contribution in [1.29, 1.82) is 0 Å². The Morgan fingerprint density at radius 1 is 0.455 bits per heavy atom. The second kappa shape index (κ2) is 10.0. The van der Waals surface area contributed by atoms with Crippen molar-refractivity contribution in [3.8, 4) is 39.3 Å². The van der Waals surface area contributed by atoms with Gasteiger partial charge in [-0.05, 0) is 53.6 Å². The van der Waals surface area contributed by atoms with E-state index in [4.69, 9.17) is 4.98 Å². The molecule has 0 saturated heterocycles. The lowest BCUT2D eigenvalue weighted by Crippen LogP contribution is -1.93. The number of benzene rings is 6. The predicted octanol–water partition coefficient (Wildman–Crippen LogP) is 11.5. The highest BCUT2D eigenvalue weighted by molar-refractivity contribution is 7.26. The maximum atomic E-state index is 5.32. The lowest BCUT2D eigenvalue weighted by Gasteiger charge is -2.13.